The Balaban J connectivity index is 0.830. The number of anilines is 4. The molecule has 0 aliphatic carbocycles. The highest BCUT2D eigenvalue weighted by Gasteiger charge is 2.47. The zero-order chi connectivity index (χ0) is 88.3. The molecular formula is C86H114N11O26+. The lowest BCUT2D eigenvalue weighted by atomic mass is 10.00. The number of unbranched alkanes of at least 4 members (excludes halogenated alkanes) is 1. The molecule has 0 radical (unpaired) electrons. The summed E-state index contributed by atoms with van der Waals surface area (Å²) in [5.41, 5.74) is 7.12. The van der Waals surface area contributed by atoms with E-state index in [4.69, 9.17) is 52.1 Å². The number of carbonyl (C=O) groups is 13. The molecule has 4 aromatic carbocycles. The van der Waals surface area contributed by atoms with E-state index in [1.165, 1.54) is 54.2 Å². The number of hydrogen-bond donors (Lipinski definition) is 9. The topological polar surface area (TPSA) is 477 Å². The molecule has 0 spiro atoms. The van der Waals surface area contributed by atoms with Crippen LogP contribution in [0.5, 0.6) is 17.2 Å². The number of aliphatic hydroxyl groups is 1. The Labute approximate surface area is 712 Å². The fraction of sp³-hybridized carbons (Fsp3) is 0.523. The number of carboxylic acid groups (broad SMARTS) is 1. The van der Waals surface area contributed by atoms with E-state index in [1.54, 1.807) is 67.3 Å². The molecule has 4 aromatic rings. The maximum Gasteiger partial charge on any atom is 0.416 e. The summed E-state index contributed by atoms with van der Waals surface area (Å²) in [6.07, 6.45) is 1.41. The van der Waals surface area contributed by atoms with Gasteiger partial charge in [-0.05, 0) is 118 Å². The first-order valence-corrected chi connectivity index (χ1v) is 41.5. The van der Waals surface area contributed by atoms with Gasteiger partial charge in [0.05, 0.1) is 147 Å². The third-order valence-corrected chi connectivity index (χ3v) is 20.8. The normalized spacial score (nSPS) is 23.4. The molecule has 7 atom stereocenters. The summed E-state index contributed by atoms with van der Waals surface area (Å²) < 4.78 is 63.3. The van der Waals surface area contributed by atoms with E-state index in [2.05, 4.69) is 44.2 Å². The molecule has 8 bridgehead atoms. The Kier molecular flexibility index (Phi) is 38.0. The SMILES string of the molecule is C=C1C[C@H]2C(O)N3C(=O)OCc4ccc(cc4)NC(=O)[C@H](C)CC(=O)[C@H](C)NC(=O)CCOCCOCCOCCCC(=O)/C=C\C(=O)NCCOCCOCCOCCC(=O)N[C@@H](CCCC[NH3+])C(=O)N[C@@H](CC(=O)O)C(=O)Nc4ccc(cc4)COC(=O)N4C[C@@H]5CCCN5C(=O)c5cc(OC)c(cc54)OCCCOc4cc3c(cc4C)C(=O)N2C1. The number of aryl methyl sites for hydroxylation is 1. The Morgan fingerprint density at radius 2 is 1.16 bits per heavy atom. The van der Waals surface area contributed by atoms with Crippen molar-refractivity contribution in [1.82, 2.24) is 31.1 Å². The van der Waals surface area contributed by atoms with Gasteiger partial charge in [0, 0.05) is 100 Å². The molecule has 10 amide bonds. The smallest absolute Gasteiger partial charge is 0.416 e. The first kappa shape index (κ1) is 95.4. The Morgan fingerprint density at radius 3 is 1.80 bits per heavy atom. The molecule has 0 saturated carbocycles. The number of ketones is 2. The molecule has 11 rings (SSSR count). The van der Waals surface area contributed by atoms with Crippen LogP contribution in [0.3, 0.4) is 0 Å². The summed E-state index contributed by atoms with van der Waals surface area (Å²) in [6.45, 7) is 11.9. The Hall–Kier alpha value is -11.5. The summed E-state index contributed by atoms with van der Waals surface area (Å²) in [7, 11) is 1.41. The second-order valence-electron chi connectivity index (χ2n) is 30.2. The van der Waals surface area contributed by atoms with E-state index in [9.17, 15) is 72.5 Å². The zero-order valence-corrected chi connectivity index (χ0v) is 70.1. The molecule has 7 heterocycles. The van der Waals surface area contributed by atoms with Crippen molar-refractivity contribution in [2.75, 3.05) is 153 Å². The maximum atomic E-state index is 14.4. The molecule has 1 unspecified atom stereocenters. The zero-order valence-electron chi connectivity index (χ0n) is 70.1. The van der Waals surface area contributed by atoms with Crippen LogP contribution in [-0.2, 0) is 94.3 Å². The first-order chi connectivity index (χ1) is 59.3. The number of carbonyl (C=O) groups excluding carboxylic acids is 12. The van der Waals surface area contributed by atoms with Crippen LogP contribution in [-0.4, -0.2) is 266 Å². The lowest BCUT2D eigenvalue weighted by Crippen LogP contribution is -2.53. The number of ether oxygens (including phenoxy) is 11. The van der Waals surface area contributed by atoms with Crippen LogP contribution < -0.4 is 61.6 Å². The van der Waals surface area contributed by atoms with Gasteiger partial charge in [-0.2, -0.15) is 0 Å². The molecular weight excluding hydrogens is 1600 g/mol. The van der Waals surface area contributed by atoms with Crippen molar-refractivity contribution < 1.29 is 130 Å². The van der Waals surface area contributed by atoms with Crippen LogP contribution in [0, 0.1) is 12.8 Å². The number of allylic oxidation sites excluding steroid dienone is 1. The molecule has 7 aliphatic heterocycles. The largest absolute Gasteiger partial charge is 0.493 e. The van der Waals surface area contributed by atoms with Gasteiger partial charge in [0.15, 0.2) is 29.3 Å². The molecule has 2 saturated heterocycles. The fourth-order valence-electron chi connectivity index (χ4n) is 14.1. The van der Waals surface area contributed by atoms with Crippen molar-refractivity contribution in [3.8, 4) is 17.2 Å². The van der Waals surface area contributed by atoms with Gasteiger partial charge >= 0.3 is 18.2 Å². The number of benzene rings is 4. The minimum Gasteiger partial charge on any atom is -0.493 e. The average molecular weight is 1720 g/mol. The predicted octanol–water partition coefficient (Wildman–Crippen LogP) is 4.61. The van der Waals surface area contributed by atoms with E-state index in [-0.39, 0.29) is 239 Å². The number of aliphatic hydroxyl groups excluding tert-OH is 1. The average Bonchev–Trinajstić information content (AvgIpc) is 1.63. The monoisotopic (exact) mass is 1720 g/mol. The van der Waals surface area contributed by atoms with Crippen LogP contribution in [0.4, 0.5) is 32.3 Å². The molecule has 668 valence electrons. The number of aliphatic carboxylic acids is 1. The van der Waals surface area contributed by atoms with Gasteiger partial charge in [-0.1, -0.05) is 43.3 Å². The number of carboxylic acids is 1. The van der Waals surface area contributed by atoms with Crippen LogP contribution in [0.2, 0.25) is 0 Å². The maximum absolute atomic E-state index is 14.4. The van der Waals surface area contributed by atoms with Gasteiger partial charge in [0.1, 0.15) is 31.0 Å². The van der Waals surface area contributed by atoms with Crippen molar-refractivity contribution in [2.24, 2.45) is 5.92 Å². The molecule has 37 heteroatoms. The number of Topliss-reactive ketones (excluding diaryl/α,β-unsaturated/α-hetero) is 1. The van der Waals surface area contributed by atoms with Gasteiger partial charge in [0.25, 0.3) is 11.8 Å². The highest BCUT2D eigenvalue weighted by atomic mass is 16.6. The summed E-state index contributed by atoms with van der Waals surface area (Å²) in [4.78, 5) is 180. The highest BCUT2D eigenvalue weighted by molar-refractivity contribution is 6.08. The number of fused-ring (bicyclic) bond motifs is 4. The van der Waals surface area contributed by atoms with Crippen molar-refractivity contribution in [1.29, 1.82) is 0 Å². The number of methoxy groups -OCH3 is 1. The van der Waals surface area contributed by atoms with Gasteiger partial charge in [-0.25, -0.2) is 14.5 Å². The summed E-state index contributed by atoms with van der Waals surface area (Å²) in [6, 6.07) is 13.8. The third kappa shape index (κ3) is 29.4. The number of rotatable bonds is 7. The molecule has 37 nitrogen and oxygen atoms in total. The molecule has 123 heavy (non-hydrogen) atoms. The minimum absolute atomic E-state index is 0.0155. The fourth-order valence-corrected chi connectivity index (χ4v) is 14.1. The number of quaternary nitrogens is 1. The number of amides is 10. The Bertz CT molecular complexity index is 4370. The molecule has 11 N–H and O–H groups in total. The van der Waals surface area contributed by atoms with E-state index in [0.717, 1.165) is 11.0 Å². The standard InChI is InChI=1S/C86H113N11O26/c1-54-43-70-84(110)97-69-49-72(55(2)44-64(69)83(109)95(70)50-54)120-30-10-31-121-74-48-68-65(46-73(74)113-5)82(108)94-28-8-11-62(94)51-96(68)85(111)122-52-58-16-20-61(21-17-58)91-81(107)67(47-78(103)104)93-80(106)66(13-6-7-26-87)92-77(102)25-33-116-37-41-119-42-38-117-34-27-88-75(100)23-22-63(98)12-9-29-114-35-39-118-40-36-115-32-24-76(101)89-57(4)71(99)45-56(3)79(105)90-60-18-14-59(15-19-60)53-123-86(97)112/h14-23,44,46,48-49,56-57,62,66-67,70,84,110H,1,6-13,24-43,45,47,50-53,87H2,2-5H3,(H,88,100)(H,89,101)(H,90,105)(H,91,107)(H,92,102)(H,93,106)(H,103,104)/p+1/b23-22-/t56-,57+,62+,66+,67+,70+,84?/m1/s1. The van der Waals surface area contributed by atoms with Gasteiger partial charge < -0.3 is 110 Å². The van der Waals surface area contributed by atoms with Crippen LogP contribution >= 0.6 is 0 Å². The highest BCUT2D eigenvalue weighted by Crippen LogP contribution is 2.42. The van der Waals surface area contributed by atoms with Gasteiger partial charge in [-0.15, -0.1) is 0 Å². The number of nitrogens with one attached hydrogen (secondary N) is 6. The lowest BCUT2D eigenvalue weighted by Gasteiger charge is -2.31. The summed E-state index contributed by atoms with van der Waals surface area (Å²) in [5.74, 6) is -6.45. The van der Waals surface area contributed by atoms with Crippen molar-refractivity contribution in [2.45, 2.75) is 154 Å². The van der Waals surface area contributed by atoms with Gasteiger partial charge in [-0.3, -0.25) is 57.6 Å². The molecule has 2 fully saturated rings. The number of nitrogens with zero attached hydrogens (tertiary/aromatic N) is 4. The Morgan fingerprint density at radius 1 is 0.585 bits per heavy atom. The molecule has 7 aliphatic rings. The first-order valence-electron chi connectivity index (χ1n) is 41.5. The minimum atomic E-state index is -1.59. The van der Waals surface area contributed by atoms with E-state index < -0.39 is 102 Å². The van der Waals surface area contributed by atoms with E-state index in [0.29, 0.717) is 73.1 Å². The van der Waals surface area contributed by atoms with E-state index in [1.807, 2.05) is 0 Å². The second kappa shape index (κ2) is 49.0. The lowest BCUT2D eigenvalue weighted by molar-refractivity contribution is -0.368. The van der Waals surface area contributed by atoms with Crippen LogP contribution in [0.25, 0.3) is 0 Å². The van der Waals surface area contributed by atoms with E-state index >= 15 is 0 Å². The van der Waals surface area contributed by atoms with Crippen molar-refractivity contribution in [3.05, 3.63) is 125 Å². The summed E-state index contributed by atoms with van der Waals surface area (Å²) >= 11 is 0. The van der Waals surface area contributed by atoms with Gasteiger partial charge in [0.2, 0.25) is 35.4 Å². The predicted molar refractivity (Wildman–Crippen MR) is 443 cm³/mol. The summed E-state index contributed by atoms with van der Waals surface area (Å²) in [5, 5.41) is 37.8. The quantitative estimate of drug-likeness (QED) is 0.0901. The van der Waals surface area contributed by atoms with Crippen LogP contribution in [0.1, 0.15) is 135 Å². The van der Waals surface area contributed by atoms with Crippen LogP contribution in [0.15, 0.2) is 97.1 Å². The second-order valence-corrected chi connectivity index (χ2v) is 30.2. The third-order valence-electron chi connectivity index (χ3n) is 20.8. The molecule has 0 aromatic heterocycles. The van der Waals surface area contributed by atoms with Crippen molar-refractivity contribution in [3.63, 3.8) is 0 Å². The van der Waals surface area contributed by atoms with Crippen molar-refractivity contribution >= 4 is 99.7 Å². The number of hydrogen-bond acceptors (Lipinski definition) is 25.